The van der Waals surface area contributed by atoms with Crippen molar-refractivity contribution in [3.63, 3.8) is 0 Å². The van der Waals surface area contributed by atoms with E-state index in [0.717, 1.165) is 23.4 Å². The lowest BCUT2D eigenvalue weighted by atomic mass is 10.3. The fourth-order valence-electron chi connectivity index (χ4n) is 1.50. The van der Waals surface area contributed by atoms with Crippen molar-refractivity contribution in [3.05, 3.63) is 61.3 Å². The fraction of sp³-hybridized carbons (Fsp3) is 0.0714. The summed E-state index contributed by atoms with van der Waals surface area (Å²) in [7, 11) is 0.132. The predicted molar refractivity (Wildman–Crippen MR) is 121 cm³/mol. The van der Waals surface area contributed by atoms with Crippen LogP contribution in [0.15, 0.2) is 51.5 Å². The van der Waals surface area contributed by atoms with E-state index in [-0.39, 0.29) is 16.3 Å². The van der Waals surface area contributed by atoms with Gasteiger partial charge in [-0.15, -0.1) is 22.7 Å². The Labute approximate surface area is 187 Å². The van der Waals surface area contributed by atoms with E-state index in [1.807, 2.05) is 35.0 Å². The Hall–Kier alpha value is 1.17. The van der Waals surface area contributed by atoms with Crippen molar-refractivity contribution >= 4 is 119 Å². The van der Waals surface area contributed by atoms with Gasteiger partial charge in [-0.1, -0.05) is 12.1 Å². The highest BCUT2D eigenvalue weighted by atomic mass is 79.9. The highest BCUT2D eigenvalue weighted by Crippen LogP contribution is 2.52. The van der Waals surface area contributed by atoms with Crippen molar-refractivity contribution in [2.45, 2.75) is 4.66 Å². The van der Waals surface area contributed by atoms with Gasteiger partial charge in [-0.3, -0.25) is 4.79 Å². The highest BCUT2D eigenvalue weighted by Gasteiger charge is 2.26. The van der Waals surface area contributed by atoms with Gasteiger partial charge in [0.2, 0.25) is 13.4 Å². The van der Waals surface area contributed by atoms with E-state index >= 15 is 0 Å². The first-order chi connectivity index (χ1) is 11.0. The maximum atomic E-state index is 11.6. The summed E-state index contributed by atoms with van der Waals surface area (Å²) in [6.07, 6.45) is 0. The van der Waals surface area contributed by atoms with Crippen LogP contribution in [0.3, 0.4) is 0 Å². The third-order valence-electron chi connectivity index (χ3n) is 2.57. The molecule has 1 nitrogen and oxygen atoms in total. The van der Waals surface area contributed by atoms with Crippen LogP contribution in [0.5, 0.6) is 0 Å². The number of alkyl halides is 1. The van der Waals surface area contributed by atoms with Crippen LogP contribution < -0.4 is 0 Å². The molecule has 122 valence electrons. The number of hydrogen-bond donors (Lipinski definition) is 0. The van der Waals surface area contributed by atoms with E-state index in [1.54, 1.807) is 0 Å². The molecule has 0 aliphatic heterocycles. The molecule has 3 heterocycles. The van der Waals surface area contributed by atoms with Gasteiger partial charge in [0.15, 0.2) is 4.66 Å². The summed E-state index contributed by atoms with van der Waals surface area (Å²) in [6.45, 7) is 0. The molecule has 0 fully saturated rings. The third kappa shape index (κ3) is 5.09. The number of rotatable bonds is 3. The van der Waals surface area contributed by atoms with Crippen molar-refractivity contribution in [1.82, 2.24) is 0 Å². The van der Waals surface area contributed by atoms with Gasteiger partial charge >= 0.3 is 0 Å². The SMILES string of the molecule is BrC[s+]1c(Br)c(Br)c(Br)c1Br.O=C(c1cccs1)c1cccs1. The zero-order valence-electron chi connectivity index (χ0n) is 11.2. The van der Waals surface area contributed by atoms with E-state index < -0.39 is 0 Å². The average Bonchev–Trinajstić information content (AvgIpc) is 3.28. The molecule has 0 aliphatic carbocycles. The number of thiophene rings is 3. The lowest BCUT2D eigenvalue weighted by Crippen LogP contribution is -1.93. The van der Waals surface area contributed by atoms with Gasteiger partial charge in [0.1, 0.15) is 8.95 Å². The summed E-state index contributed by atoms with van der Waals surface area (Å²) in [5.74, 6) is 0.139. The summed E-state index contributed by atoms with van der Waals surface area (Å²) in [5.41, 5.74) is 0. The summed E-state index contributed by atoms with van der Waals surface area (Å²) < 4.78 is 5.55. The minimum Gasteiger partial charge on any atom is -0.287 e. The number of carbonyl (C=O) groups excluding carboxylic acids is 1. The molecule has 0 radical (unpaired) electrons. The average molecular weight is 688 g/mol. The van der Waals surface area contributed by atoms with Gasteiger partial charge in [-0.2, -0.15) is 0 Å². The highest BCUT2D eigenvalue weighted by molar-refractivity contribution is 9.16. The number of hydrogen-bond acceptors (Lipinski definition) is 3. The van der Waals surface area contributed by atoms with Crippen LogP contribution in [-0.4, -0.2) is 5.78 Å². The second kappa shape index (κ2) is 9.75. The molecule has 0 saturated heterocycles. The number of carbonyl (C=O) groups is 1. The quantitative estimate of drug-likeness (QED) is 0.153. The first-order valence-electron chi connectivity index (χ1n) is 5.96. The molecular formula is C14H8Br5OS3+. The third-order valence-corrected chi connectivity index (χ3v) is 14.0. The van der Waals surface area contributed by atoms with Crippen molar-refractivity contribution in [1.29, 1.82) is 0 Å². The largest absolute Gasteiger partial charge is 0.287 e. The van der Waals surface area contributed by atoms with Crippen LogP contribution in [0.4, 0.5) is 0 Å². The van der Waals surface area contributed by atoms with Crippen LogP contribution in [0.2, 0.25) is 0 Å². The summed E-state index contributed by atoms with van der Waals surface area (Å²) >= 11 is 20.4. The Kier molecular flexibility index (Phi) is 8.69. The minimum absolute atomic E-state index is 0.132. The molecule has 3 aromatic rings. The molecule has 0 atom stereocenters. The summed E-state index contributed by atoms with van der Waals surface area (Å²) in [5, 5.41) is 3.84. The summed E-state index contributed by atoms with van der Waals surface area (Å²) in [4.78, 5) is 13.2. The van der Waals surface area contributed by atoms with Gasteiger partial charge < -0.3 is 0 Å². The van der Waals surface area contributed by atoms with E-state index in [4.69, 9.17) is 0 Å². The lowest BCUT2D eigenvalue weighted by Gasteiger charge is -1.89. The molecule has 9 heteroatoms. The molecule has 0 unspecified atom stereocenters. The normalized spacial score (nSPS) is 10.3. The van der Waals surface area contributed by atoms with Crippen LogP contribution in [0, 0.1) is 0 Å². The Morgan fingerprint density at radius 1 is 0.913 bits per heavy atom. The molecule has 3 aromatic heterocycles. The lowest BCUT2D eigenvalue weighted by molar-refractivity contribution is 0.104. The van der Waals surface area contributed by atoms with Crippen LogP contribution in [0.1, 0.15) is 14.5 Å². The van der Waals surface area contributed by atoms with Gasteiger partial charge in [-0.25, -0.2) is 0 Å². The van der Waals surface area contributed by atoms with E-state index in [0.29, 0.717) is 0 Å². The van der Waals surface area contributed by atoms with Gasteiger partial charge in [-0.05, 0) is 70.7 Å². The second-order valence-corrected chi connectivity index (χ2v) is 13.3. The van der Waals surface area contributed by atoms with Crippen molar-refractivity contribution in [2.75, 3.05) is 0 Å². The maximum Gasteiger partial charge on any atom is 0.232 e. The molecule has 0 bridgehead atoms. The first-order valence-corrected chi connectivity index (χ1v) is 13.4. The smallest absolute Gasteiger partial charge is 0.232 e. The van der Waals surface area contributed by atoms with Gasteiger partial charge in [0, 0.05) is 42.3 Å². The van der Waals surface area contributed by atoms with Gasteiger partial charge in [0.05, 0.1) is 9.75 Å². The molecule has 0 saturated carbocycles. The van der Waals surface area contributed by atoms with Crippen LogP contribution >= 0.6 is 113 Å². The van der Waals surface area contributed by atoms with Gasteiger partial charge in [0.25, 0.3) is 0 Å². The van der Waals surface area contributed by atoms with Crippen molar-refractivity contribution in [3.8, 4) is 0 Å². The zero-order chi connectivity index (χ0) is 17.0. The summed E-state index contributed by atoms with van der Waals surface area (Å²) in [6, 6.07) is 7.50. The Balaban J connectivity index is 0.000000168. The second-order valence-electron chi connectivity index (χ2n) is 3.96. The number of halogens is 5. The fourth-order valence-corrected chi connectivity index (χ4v) is 12.2. The van der Waals surface area contributed by atoms with Crippen molar-refractivity contribution < 1.29 is 4.79 Å². The van der Waals surface area contributed by atoms with E-state index in [9.17, 15) is 4.79 Å². The topological polar surface area (TPSA) is 17.1 Å². The van der Waals surface area contributed by atoms with Crippen molar-refractivity contribution in [2.24, 2.45) is 0 Å². The molecule has 0 aliphatic rings. The molecule has 3 rings (SSSR count). The molecule has 0 aromatic carbocycles. The Morgan fingerprint density at radius 3 is 1.61 bits per heavy atom. The van der Waals surface area contributed by atoms with Crippen LogP contribution in [0.25, 0.3) is 0 Å². The molecule has 23 heavy (non-hydrogen) atoms. The standard InChI is InChI=1S/C9H6OS2.C5H2Br5S/c10-9(7-3-1-5-11-7)8-4-2-6-12-8;6-1-11-4(9)2(7)3(8)5(11)10/h1-6H;1H2/q;+1. The predicted octanol–water partition coefficient (Wildman–Crippen LogP) is 8.88. The Morgan fingerprint density at radius 2 is 1.35 bits per heavy atom. The molecule has 0 spiro atoms. The zero-order valence-corrected chi connectivity index (χ0v) is 21.6. The molecular weight excluding hydrogens is 680 g/mol. The minimum atomic E-state index is 0.132. The molecule has 0 amide bonds. The van der Waals surface area contributed by atoms with E-state index in [1.165, 1.54) is 30.2 Å². The van der Waals surface area contributed by atoms with E-state index in [2.05, 4.69) is 79.6 Å². The monoisotopic (exact) mass is 683 g/mol. The maximum absolute atomic E-state index is 11.6. The molecule has 0 N–H and O–H groups in total. The van der Waals surface area contributed by atoms with Crippen LogP contribution in [-0.2, 0) is 4.66 Å². The first kappa shape index (κ1) is 20.5. The Bertz CT molecular complexity index is 716. The number of ketones is 1.